The number of aromatic amines is 1. The van der Waals surface area contributed by atoms with Crippen molar-refractivity contribution in [1.29, 1.82) is 0 Å². The molecule has 2 unspecified atom stereocenters. The fourth-order valence-corrected chi connectivity index (χ4v) is 5.77. The smallest absolute Gasteiger partial charge is 0.186 e. The van der Waals surface area contributed by atoms with Gasteiger partial charge in [0.1, 0.15) is 11.6 Å². The number of piperazine rings is 1. The summed E-state index contributed by atoms with van der Waals surface area (Å²) >= 11 is 0. The zero-order chi connectivity index (χ0) is 28.0. The maximum absolute atomic E-state index is 13.4. The number of hydrogen-bond acceptors (Lipinski definition) is 4. The van der Waals surface area contributed by atoms with Crippen molar-refractivity contribution in [1.82, 2.24) is 9.88 Å². The number of H-pyrrole nitrogens is 1. The van der Waals surface area contributed by atoms with Gasteiger partial charge in [0.25, 0.3) is 0 Å². The summed E-state index contributed by atoms with van der Waals surface area (Å²) in [4.78, 5) is 18.4. The fraction of sp³-hybridized carbons (Fsp3) is 0.452. The number of benzene rings is 2. The van der Waals surface area contributed by atoms with Crippen LogP contribution in [0.3, 0.4) is 0 Å². The van der Waals surface area contributed by atoms with Gasteiger partial charge >= 0.3 is 0 Å². The van der Waals surface area contributed by atoms with Gasteiger partial charge in [0.15, 0.2) is 5.43 Å². The minimum absolute atomic E-state index is 0. The molecule has 0 bridgehead atoms. The van der Waals surface area contributed by atoms with Gasteiger partial charge in [0, 0.05) is 87.6 Å². The summed E-state index contributed by atoms with van der Waals surface area (Å²) in [6.45, 7) is 5.51. The minimum atomic E-state index is -0.430. The Bertz CT molecular complexity index is 1310. The van der Waals surface area contributed by atoms with Gasteiger partial charge in [-0.1, -0.05) is 43.2 Å². The van der Waals surface area contributed by atoms with Crippen LogP contribution in [0.1, 0.15) is 42.9 Å². The monoisotopic (exact) mass is 638 g/mol. The van der Waals surface area contributed by atoms with Crippen molar-refractivity contribution in [2.75, 3.05) is 39.4 Å². The molecule has 6 rings (SSSR count). The van der Waals surface area contributed by atoms with Crippen LogP contribution in [0.5, 0.6) is 0 Å². The third-order valence-corrected chi connectivity index (χ3v) is 8.16. The Morgan fingerprint density at radius 3 is 2.59 bits per heavy atom. The second kappa shape index (κ2) is 15.1. The van der Waals surface area contributed by atoms with E-state index in [1.165, 1.54) is 6.07 Å². The first-order chi connectivity index (χ1) is 19.4. The molecule has 0 saturated carbocycles. The van der Waals surface area contributed by atoms with Gasteiger partial charge in [-0.25, -0.2) is 8.78 Å². The predicted octanol–water partition coefficient (Wildman–Crippen LogP) is 5.28. The molecular weight excluding hydrogens is 601 g/mol. The van der Waals surface area contributed by atoms with E-state index in [9.17, 15) is 13.6 Å². The number of nitrogens with zero attached hydrogens (tertiary/aromatic N) is 3. The molecule has 41 heavy (non-hydrogen) atoms. The average Bonchev–Trinajstić information content (AvgIpc) is 2.98. The summed E-state index contributed by atoms with van der Waals surface area (Å²) in [5, 5.41) is 8.90. The Morgan fingerprint density at radius 1 is 1.07 bits per heavy atom. The number of rotatable bonds is 4. The standard InChI is InChI=1S/C20H24N3O2.C11H13F2N2.Y/c24-19-12-18(16-4-2-1-3-5-16)22-13-17(19)14-23-9-8-21-15-20(23)6-10-25-11-7-20;12-7-1-2-10(13)9(5-7)11-6-8(14)3-4-15-11;/h1-5,12-13H,6-11,14-15H2,(H,22,24);1-2,5,8,11H,3-4,6,14H2;/q2*-1;. The van der Waals surface area contributed by atoms with Crippen LogP contribution < -0.4 is 11.2 Å². The van der Waals surface area contributed by atoms with E-state index in [0.717, 1.165) is 81.1 Å². The van der Waals surface area contributed by atoms with E-state index in [1.54, 1.807) is 6.07 Å². The van der Waals surface area contributed by atoms with E-state index in [0.29, 0.717) is 25.1 Å². The van der Waals surface area contributed by atoms with Crippen molar-refractivity contribution < 1.29 is 46.2 Å². The van der Waals surface area contributed by atoms with Gasteiger partial charge in [0.05, 0.1) is 0 Å². The zero-order valence-corrected chi connectivity index (χ0v) is 26.1. The minimum Gasteiger partial charge on any atom is -0.660 e. The van der Waals surface area contributed by atoms with Crippen molar-refractivity contribution in [3.05, 3.63) is 104 Å². The number of hydrogen-bond donors (Lipinski definition) is 2. The molecule has 3 aliphatic heterocycles. The van der Waals surface area contributed by atoms with Gasteiger partial charge in [-0.3, -0.25) is 9.69 Å². The van der Waals surface area contributed by atoms with Gasteiger partial charge in [-0.05, 0) is 48.7 Å². The van der Waals surface area contributed by atoms with Gasteiger partial charge in [0.2, 0.25) is 0 Å². The summed E-state index contributed by atoms with van der Waals surface area (Å²) < 4.78 is 31.9. The zero-order valence-electron chi connectivity index (χ0n) is 23.3. The summed E-state index contributed by atoms with van der Waals surface area (Å²) in [7, 11) is 0. The second-order valence-electron chi connectivity index (χ2n) is 10.8. The van der Waals surface area contributed by atoms with Gasteiger partial charge < -0.3 is 26.1 Å². The SMILES string of the molecule is NC1CC[N-]C(c2cc(F)ccc2F)C1.O=c1cc(-c2ccccc2)[nH]cc1CN1CC[N-]CC12CCOCC2.[Y]. The molecule has 4 heterocycles. The van der Waals surface area contributed by atoms with E-state index < -0.39 is 11.6 Å². The van der Waals surface area contributed by atoms with Crippen LogP contribution in [0.15, 0.2) is 65.6 Å². The predicted molar refractivity (Wildman–Crippen MR) is 153 cm³/mol. The molecular formula is C31H37F2N5O2Y-2. The Balaban J connectivity index is 0.000000208. The van der Waals surface area contributed by atoms with Crippen LogP contribution >= 0.6 is 0 Å². The number of nitrogens with two attached hydrogens (primary N) is 1. The fourth-order valence-electron chi connectivity index (χ4n) is 5.77. The molecule has 2 atom stereocenters. The molecule has 0 amide bonds. The van der Waals surface area contributed by atoms with Crippen LogP contribution in [0, 0.1) is 11.6 Å². The van der Waals surface area contributed by atoms with Crippen molar-refractivity contribution in [2.45, 2.75) is 49.9 Å². The van der Waals surface area contributed by atoms with Crippen LogP contribution in [0.2, 0.25) is 0 Å². The molecule has 7 nitrogen and oxygen atoms in total. The van der Waals surface area contributed by atoms with Crippen LogP contribution in [0.4, 0.5) is 8.78 Å². The van der Waals surface area contributed by atoms with Crippen LogP contribution in [-0.2, 0) is 44.0 Å². The van der Waals surface area contributed by atoms with Crippen LogP contribution in [-0.4, -0.2) is 60.9 Å². The molecule has 3 fully saturated rings. The first-order valence-electron chi connectivity index (χ1n) is 14.0. The van der Waals surface area contributed by atoms with Gasteiger partial charge in [-0.15, -0.1) is 25.7 Å². The Hall–Kier alpha value is -1.85. The maximum atomic E-state index is 13.4. The molecule has 217 valence electrons. The van der Waals surface area contributed by atoms with Crippen molar-refractivity contribution >= 4 is 0 Å². The van der Waals surface area contributed by atoms with Crippen molar-refractivity contribution in [2.24, 2.45) is 5.73 Å². The number of nitrogens with one attached hydrogen (secondary N) is 1. The summed E-state index contributed by atoms with van der Waals surface area (Å²) in [5.74, 6) is -0.833. The molecule has 0 aliphatic carbocycles. The normalized spacial score (nSPS) is 22.3. The molecule has 3 N–H and O–H groups in total. The number of ether oxygens (including phenoxy) is 1. The molecule has 3 saturated heterocycles. The van der Waals surface area contributed by atoms with Crippen molar-refractivity contribution in [3.8, 4) is 11.3 Å². The first-order valence-corrected chi connectivity index (χ1v) is 14.0. The quantitative estimate of drug-likeness (QED) is 0.407. The summed E-state index contributed by atoms with van der Waals surface area (Å²) in [6, 6.07) is 14.9. The molecule has 3 aliphatic rings. The van der Waals surface area contributed by atoms with Crippen LogP contribution in [0.25, 0.3) is 21.9 Å². The summed E-state index contributed by atoms with van der Waals surface area (Å²) in [6.07, 6.45) is 5.30. The van der Waals surface area contributed by atoms with Crippen molar-refractivity contribution in [3.63, 3.8) is 0 Å². The number of pyridine rings is 1. The maximum Gasteiger partial charge on any atom is 0.186 e. The van der Waals surface area contributed by atoms with E-state index in [-0.39, 0.29) is 55.8 Å². The van der Waals surface area contributed by atoms with E-state index in [1.807, 2.05) is 36.5 Å². The molecule has 10 heteroatoms. The largest absolute Gasteiger partial charge is 0.660 e. The summed E-state index contributed by atoms with van der Waals surface area (Å²) in [5.41, 5.74) is 8.99. The Labute approximate surface area is 265 Å². The van der Waals surface area contributed by atoms with E-state index >= 15 is 0 Å². The number of halogens is 2. The molecule has 2 aromatic carbocycles. The molecule has 1 radical (unpaired) electrons. The second-order valence-corrected chi connectivity index (χ2v) is 10.8. The molecule has 3 aromatic rings. The van der Waals surface area contributed by atoms with Gasteiger partial charge in [-0.2, -0.15) is 0 Å². The first kappa shape index (κ1) is 32.1. The Kier molecular flexibility index (Phi) is 11.8. The Morgan fingerprint density at radius 2 is 1.85 bits per heavy atom. The third kappa shape index (κ3) is 8.16. The number of aromatic nitrogens is 1. The molecule has 1 spiro atoms. The topological polar surface area (TPSA) is 99.5 Å². The average molecular weight is 639 g/mol. The number of piperidine rings is 1. The van der Waals surface area contributed by atoms with E-state index in [4.69, 9.17) is 10.5 Å². The van der Waals surface area contributed by atoms with E-state index in [2.05, 4.69) is 20.5 Å². The third-order valence-electron chi connectivity index (χ3n) is 8.16. The molecule has 1 aromatic heterocycles.